The summed E-state index contributed by atoms with van der Waals surface area (Å²) in [6.45, 7) is 10.3. The molecule has 0 fully saturated rings. The van der Waals surface area contributed by atoms with Crippen LogP contribution in [0.2, 0.25) is 0 Å². The van der Waals surface area contributed by atoms with Crippen molar-refractivity contribution in [2.75, 3.05) is 6.54 Å². The Bertz CT molecular complexity index is 424. The molecule has 1 rings (SSSR count). The molecular weight excluding hydrogens is 264 g/mol. The Morgan fingerprint density at radius 3 is 2.33 bits per heavy atom. The van der Waals surface area contributed by atoms with Crippen LogP contribution < -0.4 is 10.6 Å². The van der Waals surface area contributed by atoms with Gasteiger partial charge in [0.2, 0.25) is 0 Å². The molecule has 0 spiro atoms. The summed E-state index contributed by atoms with van der Waals surface area (Å²) in [6, 6.07) is 10.8. The van der Waals surface area contributed by atoms with Crippen LogP contribution in [0, 0.1) is 0 Å². The lowest BCUT2D eigenvalue weighted by atomic mass is 10.1. The number of ether oxygens (including phenoxy) is 1. The van der Waals surface area contributed by atoms with Crippen molar-refractivity contribution in [3.8, 4) is 0 Å². The summed E-state index contributed by atoms with van der Waals surface area (Å²) in [5, 5.41) is 6.32. The van der Waals surface area contributed by atoms with Gasteiger partial charge in [-0.3, -0.25) is 0 Å². The van der Waals surface area contributed by atoms with Crippen LogP contribution >= 0.6 is 0 Å². The predicted molar refractivity (Wildman–Crippen MR) is 86.4 cm³/mol. The van der Waals surface area contributed by atoms with E-state index in [1.807, 2.05) is 39.0 Å². The maximum Gasteiger partial charge on any atom is 0.407 e. The number of hydrogen-bond acceptors (Lipinski definition) is 3. The van der Waals surface area contributed by atoms with Gasteiger partial charge in [-0.1, -0.05) is 44.2 Å². The highest BCUT2D eigenvalue weighted by atomic mass is 16.6. The SMILES string of the molecule is CC(C)N[C@@H](CNC(=O)OC(C)(C)C)Cc1ccccc1. The molecule has 0 heterocycles. The molecule has 4 nitrogen and oxygen atoms in total. The van der Waals surface area contributed by atoms with Crippen molar-refractivity contribution in [1.29, 1.82) is 0 Å². The molecule has 0 bridgehead atoms. The van der Waals surface area contributed by atoms with Crippen molar-refractivity contribution < 1.29 is 9.53 Å². The molecule has 2 N–H and O–H groups in total. The van der Waals surface area contributed by atoms with Gasteiger partial charge in [-0.25, -0.2) is 4.79 Å². The highest BCUT2D eigenvalue weighted by molar-refractivity contribution is 5.67. The largest absolute Gasteiger partial charge is 0.444 e. The number of hydrogen-bond donors (Lipinski definition) is 2. The standard InChI is InChI=1S/C17H28N2O2/c1-13(2)19-15(11-14-9-7-6-8-10-14)12-18-16(20)21-17(3,4)5/h6-10,13,15,19H,11-12H2,1-5H3,(H,18,20)/t15-/m1/s1. The van der Waals surface area contributed by atoms with E-state index in [-0.39, 0.29) is 12.1 Å². The third kappa shape index (κ3) is 8.35. The van der Waals surface area contributed by atoms with Gasteiger partial charge in [-0.2, -0.15) is 0 Å². The summed E-state index contributed by atoms with van der Waals surface area (Å²) in [4.78, 5) is 11.7. The van der Waals surface area contributed by atoms with Crippen LogP contribution in [0.4, 0.5) is 4.79 Å². The minimum atomic E-state index is -0.468. The van der Waals surface area contributed by atoms with Crippen molar-refractivity contribution in [2.45, 2.75) is 58.7 Å². The third-order valence-electron chi connectivity index (χ3n) is 2.79. The number of alkyl carbamates (subject to hydrolysis) is 1. The van der Waals surface area contributed by atoms with Crippen LogP contribution in [-0.4, -0.2) is 30.3 Å². The van der Waals surface area contributed by atoms with E-state index in [1.165, 1.54) is 5.56 Å². The van der Waals surface area contributed by atoms with Gasteiger partial charge >= 0.3 is 6.09 Å². The molecule has 1 aromatic rings. The molecule has 0 saturated heterocycles. The van der Waals surface area contributed by atoms with E-state index < -0.39 is 5.60 Å². The molecule has 4 heteroatoms. The summed E-state index contributed by atoms with van der Waals surface area (Å²) in [7, 11) is 0. The molecule has 1 aromatic carbocycles. The van der Waals surface area contributed by atoms with Crippen molar-refractivity contribution in [3.05, 3.63) is 35.9 Å². The zero-order chi connectivity index (χ0) is 15.9. The third-order valence-corrected chi connectivity index (χ3v) is 2.79. The number of carbonyl (C=O) groups excluding carboxylic acids is 1. The van der Waals surface area contributed by atoms with E-state index in [9.17, 15) is 4.79 Å². The first-order chi connectivity index (χ1) is 9.76. The fourth-order valence-corrected chi connectivity index (χ4v) is 2.08. The lowest BCUT2D eigenvalue weighted by Gasteiger charge is -2.24. The topological polar surface area (TPSA) is 50.4 Å². The highest BCUT2D eigenvalue weighted by Gasteiger charge is 2.18. The van der Waals surface area contributed by atoms with Gasteiger partial charge in [0.1, 0.15) is 5.60 Å². The maximum atomic E-state index is 11.7. The van der Waals surface area contributed by atoms with Crippen LogP contribution in [0.5, 0.6) is 0 Å². The fraction of sp³-hybridized carbons (Fsp3) is 0.588. The lowest BCUT2D eigenvalue weighted by Crippen LogP contribution is -2.46. The van der Waals surface area contributed by atoms with Gasteiger partial charge in [0.15, 0.2) is 0 Å². The molecule has 0 aliphatic rings. The zero-order valence-corrected chi connectivity index (χ0v) is 13.8. The van der Waals surface area contributed by atoms with E-state index in [2.05, 4.69) is 36.6 Å². The minimum Gasteiger partial charge on any atom is -0.444 e. The van der Waals surface area contributed by atoms with Gasteiger partial charge in [-0.05, 0) is 32.8 Å². The van der Waals surface area contributed by atoms with E-state index in [4.69, 9.17) is 4.74 Å². The predicted octanol–water partition coefficient (Wildman–Crippen LogP) is 3.12. The van der Waals surface area contributed by atoms with Crippen LogP contribution in [0.1, 0.15) is 40.2 Å². The summed E-state index contributed by atoms with van der Waals surface area (Å²) < 4.78 is 5.27. The first-order valence-electron chi connectivity index (χ1n) is 7.53. The fourth-order valence-electron chi connectivity index (χ4n) is 2.08. The van der Waals surface area contributed by atoms with Gasteiger partial charge in [0.05, 0.1) is 0 Å². The average Bonchev–Trinajstić information content (AvgIpc) is 2.34. The summed E-state index contributed by atoms with van der Waals surface area (Å²) in [5.74, 6) is 0. The summed E-state index contributed by atoms with van der Waals surface area (Å²) in [5.41, 5.74) is 0.784. The molecular formula is C17H28N2O2. The zero-order valence-electron chi connectivity index (χ0n) is 13.8. The molecule has 1 amide bonds. The Hall–Kier alpha value is -1.55. The summed E-state index contributed by atoms with van der Waals surface area (Å²) in [6.07, 6.45) is 0.501. The van der Waals surface area contributed by atoms with E-state index in [0.717, 1.165) is 6.42 Å². The Balaban J connectivity index is 2.52. The van der Waals surface area contributed by atoms with Crippen LogP contribution in [0.25, 0.3) is 0 Å². The maximum absolute atomic E-state index is 11.7. The Morgan fingerprint density at radius 1 is 1.19 bits per heavy atom. The first-order valence-corrected chi connectivity index (χ1v) is 7.53. The summed E-state index contributed by atoms with van der Waals surface area (Å²) >= 11 is 0. The van der Waals surface area contributed by atoms with Gasteiger partial charge in [-0.15, -0.1) is 0 Å². The molecule has 21 heavy (non-hydrogen) atoms. The lowest BCUT2D eigenvalue weighted by molar-refractivity contribution is 0.0521. The average molecular weight is 292 g/mol. The van der Waals surface area contributed by atoms with Gasteiger partial charge in [0, 0.05) is 18.6 Å². The number of rotatable bonds is 6. The van der Waals surface area contributed by atoms with E-state index in [1.54, 1.807) is 0 Å². The van der Waals surface area contributed by atoms with Crippen molar-refractivity contribution in [3.63, 3.8) is 0 Å². The molecule has 118 valence electrons. The second-order valence-corrected chi connectivity index (χ2v) is 6.59. The first kappa shape index (κ1) is 17.5. The van der Waals surface area contributed by atoms with Crippen molar-refractivity contribution in [2.24, 2.45) is 0 Å². The molecule has 0 radical (unpaired) electrons. The van der Waals surface area contributed by atoms with E-state index in [0.29, 0.717) is 12.6 Å². The van der Waals surface area contributed by atoms with Crippen LogP contribution in [0.15, 0.2) is 30.3 Å². The van der Waals surface area contributed by atoms with Crippen molar-refractivity contribution >= 4 is 6.09 Å². The second-order valence-electron chi connectivity index (χ2n) is 6.59. The smallest absolute Gasteiger partial charge is 0.407 e. The van der Waals surface area contributed by atoms with Crippen LogP contribution in [-0.2, 0) is 11.2 Å². The second kappa shape index (κ2) is 8.03. The number of nitrogens with one attached hydrogen (secondary N) is 2. The number of benzene rings is 1. The Morgan fingerprint density at radius 2 is 1.81 bits per heavy atom. The Kier molecular flexibility index (Phi) is 6.69. The minimum absolute atomic E-state index is 0.180. The highest BCUT2D eigenvalue weighted by Crippen LogP contribution is 2.07. The van der Waals surface area contributed by atoms with E-state index >= 15 is 0 Å². The van der Waals surface area contributed by atoms with Gasteiger partial charge in [0.25, 0.3) is 0 Å². The molecule has 0 aromatic heterocycles. The molecule has 1 atom stereocenters. The van der Waals surface area contributed by atoms with Gasteiger partial charge < -0.3 is 15.4 Å². The molecule has 0 saturated carbocycles. The van der Waals surface area contributed by atoms with Crippen LogP contribution in [0.3, 0.4) is 0 Å². The monoisotopic (exact) mass is 292 g/mol. The molecule has 0 aliphatic carbocycles. The molecule has 0 aliphatic heterocycles. The normalized spacial score (nSPS) is 13.0. The number of carbonyl (C=O) groups is 1. The quantitative estimate of drug-likeness (QED) is 0.847. The number of amides is 1. The van der Waals surface area contributed by atoms with Crippen molar-refractivity contribution in [1.82, 2.24) is 10.6 Å². The Labute approximate surface area is 128 Å². The molecule has 0 unspecified atom stereocenters.